The second-order valence-electron chi connectivity index (χ2n) is 4.45. The van der Waals surface area contributed by atoms with Crippen molar-refractivity contribution in [1.82, 2.24) is 5.32 Å². The summed E-state index contributed by atoms with van der Waals surface area (Å²) in [6.07, 6.45) is 0. The molecule has 1 aromatic rings. The first-order valence-electron chi connectivity index (χ1n) is 6.18. The van der Waals surface area contributed by atoms with Gasteiger partial charge in [0.25, 0.3) is 5.91 Å². The number of ether oxygens (including phenoxy) is 1. The fraction of sp³-hybridized carbons (Fsp3) is 0.429. The Balaban J connectivity index is 2.76. The quantitative estimate of drug-likeness (QED) is 0.845. The minimum Gasteiger partial charge on any atom is -0.464 e. The predicted molar refractivity (Wildman–Crippen MR) is 74.2 cm³/mol. The van der Waals surface area contributed by atoms with Crippen LogP contribution in [0.3, 0.4) is 0 Å². The van der Waals surface area contributed by atoms with Crippen LogP contribution in [0, 0.1) is 5.92 Å². The number of carbonyl (C=O) groups excluding carboxylic acids is 2. The molecule has 4 nitrogen and oxygen atoms in total. The summed E-state index contributed by atoms with van der Waals surface area (Å²) >= 11 is 5.76. The van der Waals surface area contributed by atoms with E-state index in [1.165, 1.54) is 0 Å². The van der Waals surface area contributed by atoms with Gasteiger partial charge in [-0.3, -0.25) is 4.79 Å². The molecule has 0 aliphatic carbocycles. The van der Waals surface area contributed by atoms with Crippen LogP contribution in [0.25, 0.3) is 0 Å². The zero-order valence-electron chi connectivity index (χ0n) is 11.3. The van der Waals surface area contributed by atoms with Crippen LogP contribution >= 0.6 is 11.6 Å². The van der Waals surface area contributed by atoms with E-state index in [2.05, 4.69) is 5.32 Å². The van der Waals surface area contributed by atoms with Crippen LogP contribution in [0.2, 0.25) is 5.02 Å². The Morgan fingerprint density at radius 3 is 2.32 bits per heavy atom. The van der Waals surface area contributed by atoms with Crippen molar-refractivity contribution in [3.63, 3.8) is 0 Å². The molecular formula is C14H18ClNO3. The topological polar surface area (TPSA) is 55.4 Å². The van der Waals surface area contributed by atoms with Crippen LogP contribution in [-0.4, -0.2) is 24.5 Å². The number of halogens is 1. The number of benzene rings is 1. The van der Waals surface area contributed by atoms with E-state index in [-0.39, 0.29) is 11.8 Å². The first-order chi connectivity index (χ1) is 8.95. The number of rotatable bonds is 5. The van der Waals surface area contributed by atoms with Crippen LogP contribution in [0.5, 0.6) is 0 Å². The van der Waals surface area contributed by atoms with Crippen molar-refractivity contribution in [2.24, 2.45) is 5.92 Å². The monoisotopic (exact) mass is 283 g/mol. The van der Waals surface area contributed by atoms with Crippen LogP contribution < -0.4 is 5.32 Å². The maximum atomic E-state index is 12.0. The lowest BCUT2D eigenvalue weighted by Gasteiger charge is -2.20. The van der Waals surface area contributed by atoms with E-state index >= 15 is 0 Å². The minimum atomic E-state index is -0.650. The van der Waals surface area contributed by atoms with Gasteiger partial charge in [-0.2, -0.15) is 0 Å². The largest absolute Gasteiger partial charge is 0.464 e. The second-order valence-corrected chi connectivity index (χ2v) is 4.89. The number of carbonyl (C=O) groups is 2. The van der Waals surface area contributed by atoms with E-state index in [9.17, 15) is 9.59 Å². The van der Waals surface area contributed by atoms with Gasteiger partial charge in [0, 0.05) is 10.6 Å². The van der Waals surface area contributed by atoms with Gasteiger partial charge in [-0.05, 0) is 37.1 Å². The van der Waals surface area contributed by atoms with Gasteiger partial charge in [0.2, 0.25) is 0 Å². The van der Waals surface area contributed by atoms with Gasteiger partial charge in [0.1, 0.15) is 6.04 Å². The third kappa shape index (κ3) is 4.56. The van der Waals surface area contributed by atoms with Crippen molar-refractivity contribution in [2.75, 3.05) is 6.61 Å². The smallest absolute Gasteiger partial charge is 0.328 e. The van der Waals surface area contributed by atoms with Gasteiger partial charge in [-0.25, -0.2) is 4.79 Å². The fourth-order valence-electron chi connectivity index (χ4n) is 1.56. The molecule has 0 aliphatic rings. The third-order valence-corrected chi connectivity index (χ3v) is 2.85. The molecule has 0 spiro atoms. The molecule has 1 atom stereocenters. The molecule has 1 aromatic carbocycles. The van der Waals surface area contributed by atoms with E-state index in [1.54, 1.807) is 31.2 Å². The van der Waals surface area contributed by atoms with Crippen LogP contribution in [0.4, 0.5) is 0 Å². The first-order valence-corrected chi connectivity index (χ1v) is 6.56. The number of esters is 1. The van der Waals surface area contributed by atoms with Crippen LogP contribution in [0.1, 0.15) is 31.1 Å². The van der Waals surface area contributed by atoms with Crippen molar-refractivity contribution >= 4 is 23.5 Å². The van der Waals surface area contributed by atoms with Crippen LogP contribution in [0.15, 0.2) is 24.3 Å². The normalized spacial score (nSPS) is 12.1. The van der Waals surface area contributed by atoms with Gasteiger partial charge in [-0.15, -0.1) is 0 Å². The molecule has 104 valence electrons. The summed E-state index contributed by atoms with van der Waals surface area (Å²) in [7, 11) is 0. The molecule has 19 heavy (non-hydrogen) atoms. The molecule has 5 heteroatoms. The van der Waals surface area contributed by atoms with Crippen molar-refractivity contribution in [3.05, 3.63) is 34.9 Å². The predicted octanol–water partition coefficient (Wildman–Crippen LogP) is 2.66. The van der Waals surface area contributed by atoms with Crippen molar-refractivity contribution in [2.45, 2.75) is 26.8 Å². The van der Waals surface area contributed by atoms with E-state index in [4.69, 9.17) is 16.3 Å². The summed E-state index contributed by atoms with van der Waals surface area (Å²) in [4.78, 5) is 23.8. The van der Waals surface area contributed by atoms with Crippen LogP contribution in [-0.2, 0) is 9.53 Å². The van der Waals surface area contributed by atoms with Crippen molar-refractivity contribution in [3.8, 4) is 0 Å². The number of amides is 1. The van der Waals surface area contributed by atoms with Gasteiger partial charge in [0.15, 0.2) is 0 Å². The van der Waals surface area contributed by atoms with Crippen molar-refractivity contribution < 1.29 is 14.3 Å². The first kappa shape index (κ1) is 15.5. The molecule has 1 amide bonds. The maximum absolute atomic E-state index is 12.0. The molecule has 0 fully saturated rings. The molecule has 0 saturated carbocycles. The number of hydrogen-bond donors (Lipinski definition) is 1. The second kappa shape index (κ2) is 7.14. The lowest BCUT2D eigenvalue weighted by atomic mass is 10.0. The summed E-state index contributed by atoms with van der Waals surface area (Å²) in [5, 5.41) is 3.24. The van der Waals surface area contributed by atoms with Crippen molar-refractivity contribution in [1.29, 1.82) is 0 Å². The molecule has 0 radical (unpaired) electrons. The summed E-state index contributed by atoms with van der Waals surface area (Å²) < 4.78 is 4.95. The highest BCUT2D eigenvalue weighted by Crippen LogP contribution is 2.11. The van der Waals surface area contributed by atoms with E-state index in [0.29, 0.717) is 17.2 Å². The highest BCUT2D eigenvalue weighted by molar-refractivity contribution is 6.30. The molecule has 0 saturated heterocycles. The molecule has 1 N–H and O–H groups in total. The number of nitrogens with one attached hydrogen (secondary N) is 1. The fourth-order valence-corrected chi connectivity index (χ4v) is 1.68. The average Bonchev–Trinajstić information content (AvgIpc) is 2.36. The highest BCUT2D eigenvalue weighted by atomic mass is 35.5. The van der Waals surface area contributed by atoms with E-state index in [1.807, 2.05) is 13.8 Å². The summed E-state index contributed by atoms with van der Waals surface area (Å²) in [6, 6.07) is 5.83. The Labute approximate surface area is 118 Å². The Hall–Kier alpha value is -1.55. The van der Waals surface area contributed by atoms with Gasteiger partial charge in [0.05, 0.1) is 6.61 Å². The molecule has 1 rings (SSSR count). The van der Waals surface area contributed by atoms with E-state index in [0.717, 1.165) is 0 Å². The Kier molecular flexibility index (Phi) is 5.83. The highest BCUT2D eigenvalue weighted by Gasteiger charge is 2.25. The van der Waals surface area contributed by atoms with E-state index < -0.39 is 12.0 Å². The van der Waals surface area contributed by atoms with Gasteiger partial charge >= 0.3 is 5.97 Å². The van der Waals surface area contributed by atoms with Gasteiger partial charge < -0.3 is 10.1 Å². The summed E-state index contributed by atoms with van der Waals surface area (Å²) in [6.45, 7) is 5.72. The molecule has 1 unspecified atom stereocenters. The SMILES string of the molecule is CCOC(=O)C(NC(=O)c1ccc(Cl)cc1)C(C)C. The molecular weight excluding hydrogens is 266 g/mol. The zero-order valence-corrected chi connectivity index (χ0v) is 12.0. The summed E-state index contributed by atoms with van der Waals surface area (Å²) in [5.74, 6) is -0.779. The zero-order chi connectivity index (χ0) is 14.4. The Morgan fingerprint density at radius 2 is 1.84 bits per heavy atom. The number of hydrogen-bond acceptors (Lipinski definition) is 3. The van der Waals surface area contributed by atoms with Gasteiger partial charge in [-0.1, -0.05) is 25.4 Å². The summed E-state index contributed by atoms with van der Waals surface area (Å²) in [5.41, 5.74) is 0.458. The average molecular weight is 284 g/mol. The molecule has 0 aliphatic heterocycles. The standard InChI is InChI=1S/C14H18ClNO3/c1-4-19-14(18)12(9(2)3)16-13(17)10-5-7-11(15)8-6-10/h5-9,12H,4H2,1-3H3,(H,16,17). The molecule has 0 aromatic heterocycles. The minimum absolute atomic E-state index is 0.0460. The Morgan fingerprint density at radius 1 is 1.26 bits per heavy atom. The Bertz CT molecular complexity index is 443. The maximum Gasteiger partial charge on any atom is 0.328 e. The third-order valence-electron chi connectivity index (χ3n) is 2.60. The molecule has 0 heterocycles. The molecule has 0 bridgehead atoms. The lowest BCUT2D eigenvalue weighted by molar-refractivity contribution is -0.146. The lowest BCUT2D eigenvalue weighted by Crippen LogP contribution is -2.45.